The summed E-state index contributed by atoms with van der Waals surface area (Å²) < 4.78 is 0. The van der Waals surface area contributed by atoms with Crippen LogP contribution >= 0.6 is 11.6 Å². The molecule has 0 radical (unpaired) electrons. The van der Waals surface area contributed by atoms with Crippen molar-refractivity contribution in [1.82, 2.24) is 20.4 Å². The van der Waals surface area contributed by atoms with Gasteiger partial charge < -0.3 is 10.4 Å². The van der Waals surface area contributed by atoms with Gasteiger partial charge in [0, 0.05) is 62.6 Å². The largest absolute Gasteiger partial charge is 0.379 e. The molecule has 4 rings (SSSR count). The van der Waals surface area contributed by atoms with E-state index in [1.165, 1.54) is 57.2 Å². The summed E-state index contributed by atoms with van der Waals surface area (Å²) in [5, 5.41) is 19.0. The normalized spacial score (nSPS) is 31.1. The van der Waals surface area contributed by atoms with Crippen molar-refractivity contribution < 1.29 is 5.11 Å². The van der Waals surface area contributed by atoms with Crippen LogP contribution in [-0.2, 0) is 0 Å². The third-order valence-corrected chi connectivity index (χ3v) is 10.3. The molecule has 1 saturated carbocycles. The van der Waals surface area contributed by atoms with E-state index in [0.717, 1.165) is 82.0 Å². The predicted molar refractivity (Wildman–Crippen MR) is 162 cm³/mol. The number of rotatable bonds is 13. The molecular formula is C32H59ClN4O. The van der Waals surface area contributed by atoms with Crippen molar-refractivity contribution in [2.24, 2.45) is 23.7 Å². The number of fused-ring (bicyclic) bond motifs is 1. The molecule has 2 aliphatic heterocycles. The second-order valence-electron chi connectivity index (χ2n) is 14.0. The quantitative estimate of drug-likeness (QED) is 0.158. The zero-order chi connectivity index (χ0) is 27.1. The van der Waals surface area contributed by atoms with Crippen LogP contribution in [0.2, 0.25) is 0 Å². The standard InChI is InChI=1S/C32H59ClN4O/c1-23(2)17-29(18-24(3)4)37-15-13-36(14-16-37)22-28(19-25-9-11-27(33)12-10-25)35-32(38)20-31-30-8-6-5-7-26(30)21-34-31/h9,23-24,26-32,34-35,38H,5-8,10-22H2,1-4H3/t26?,27?,28-,30?,31?,32?/m1/s1. The van der Waals surface area contributed by atoms with Gasteiger partial charge in [0.2, 0.25) is 0 Å². The Morgan fingerprint density at radius 3 is 2.39 bits per heavy atom. The van der Waals surface area contributed by atoms with Crippen LogP contribution < -0.4 is 10.6 Å². The fourth-order valence-electron chi connectivity index (χ4n) is 7.95. The first-order valence-electron chi connectivity index (χ1n) is 16.2. The number of nitrogens with zero attached hydrogens (tertiary/aromatic N) is 2. The van der Waals surface area contributed by atoms with Crippen molar-refractivity contribution in [2.75, 3.05) is 39.3 Å². The van der Waals surface area contributed by atoms with Gasteiger partial charge in [0.15, 0.2) is 0 Å². The lowest BCUT2D eigenvalue weighted by Gasteiger charge is -2.42. The second kappa shape index (κ2) is 15.2. The molecule has 0 amide bonds. The minimum absolute atomic E-state index is 0.292. The Hall–Kier alpha value is -0.170. The van der Waals surface area contributed by atoms with Crippen molar-refractivity contribution in [2.45, 2.75) is 128 Å². The highest BCUT2D eigenvalue weighted by Crippen LogP contribution is 2.37. The number of aliphatic hydroxyl groups is 1. The zero-order valence-corrected chi connectivity index (χ0v) is 25.8. The summed E-state index contributed by atoms with van der Waals surface area (Å²) in [4.78, 5) is 5.42. The molecule has 0 aromatic carbocycles. The fourth-order valence-corrected chi connectivity index (χ4v) is 8.15. The van der Waals surface area contributed by atoms with Crippen molar-refractivity contribution in [1.29, 1.82) is 0 Å². The van der Waals surface area contributed by atoms with Gasteiger partial charge in [-0.15, -0.1) is 11.6 Å². The van der Waals surface area contributed by atoms with E-state index in [4.69, 9.17) is 11.6 Å². The Labute approximate surface area is 239 Å². The van der Waals surface area contributed by atoms with Gasteiger partial charge >= 0.3 is 0 Å². The van der Waals surface area contributed by atoms with E-state index >= 15 is 0 Å². The molecule has 2 aliphatic carbocycles. The Kier molecular flexibility index (Phi) is 12.3. The monoisotopic (exact) mass is 550 g/mol. The van der Waals surface area contributed by atoms with Gasteiger partial charge in [-0.05, 0) is 81.6 Å². The summed E-state index contributed by atoms with van der Waals surface area (Å²) in [5.74, 6) is 3.10. The number of nitrogens with one attached hydrogen (secondary N) is 2. The highest BCUT2D eigenvalue weighted by atomic mass is 35.5. The van der Waals surface area contributed by atoms with Crippen LogP contribution in [-0.4, -0.2) is 83.9 Å². The minimum Gasteiger partial charge on any atom is -0.379 e. The lowest BCUT2D eigenvalue weighted by molar-refractivity contribution is 0.0561. The van der Waals surface area contributed by atoms with E-state index in [9.17, 15) is 5.11 Å². The van der Waals surface area contributed by atoms with Crippen LogP contribution in [0.15, 0.2) is 11.6 Å². The summed E-state index contributed by atoms with van der Waals surface area (Å²) in [6, 6.07) is 1.48. The van der Waals surface area contributed by atoms with E-state index in [0.29, 0.717) is 23.5 Å². The maximum atomic E-state index is 11.2. The van der Waals surface area contributed by atoms with Crippen LogP contribution in [0.5, 0.6) is 0 Å². The van der Waals surface area contributed by atoms with Gasteiger partial charge in [0.05, 0.1) is 0 Å². The lowest BCUT2D eigenvalue weighted by atomic mass is 9.77. The number of allylic oxidation sites excluding steroid dienone is 1. The van der Waals surface area contributed by atoms with Crippen LogP contribution in [0.3, 0.4) is 0 Å². The number of aliphatic hydroxyl groups excluding tert-OH is 1. The summed E-state index contributed by atoms with van der Waals surface area (Å²) in [6.07, 6.45) is 15.1. The number of hydrogen-bond acceptors (Lipinski definition) is 5. The summed E-state index contributed by atoms with van der Waals surface area (Å²) in [6.45, 7) is 16.3. The molecule has 4 aliphatic rings. The van der Waals surface area contributed by atoms with Gasteiger partial charge in [-0.1, -0.05) is 52.2 Å². The molecule has 0 spiro atoms. The van der Waals surface area contributed by atoms with Crippen molar-refractivity contribution in [3.05, 3.63) is 11.6 Å². The van der Waals surface area contributed by atoms with Crippen molar-refractivity contribution >= 4 is 11.6 Å². The molecule has 0 bridgehead atoms. The van der Waals surface area contributed by atoms with Crippen molar-refractivity contribution in [3.63, 3.8) is 0 Å². The molecule has 6 atom stereocenters. The zero-order valence-electron chi connectivity index (χ0n) is 25.0. The Morgan fingerprint density at radius 1 is 1.03 bits per heavy atom. The SMILES string of the molecule is CC(C)CC(CC(C)C)N1CCN(C[C@@H](CC2=CCC(Cl)CC2)NC(O)CC2NCC3CCCCC32)CC1. The Morgan fingerprint density at radius 2 is 1.74 bits per heavy atom. The second-order valence-corrected chi connectivity index (χ2v) is 14.6. The first-order chi connectivity index (χ1) is 18.3. The van der Waals surface area contributed by atoms with E-state index in [2.05, 4.69) is 54.2 Å². The average Bonchev–Trinajstić information content (AvgIpc) is 3.27. The molecule has 38 heavy (non-hydrogen) atoms. The van der Waals surface area contributed by atoms with Gasteiger partial charge in [0.25, 0.3) is 0 Å². The average molecular weight is 551 g/mol. The van der Waals surface area contributed by atoms with Crippen LogP contribution in [0.25, 0.3) is 0 Å². The molecule has 5 nitrogen and oxygen atoms in total. The first kappa shape index (κ1) is 30.8. The highest BCUT2D eigenvalue weighted by molar-refractivity contribution is 6.20. The Bertz CT molecular complexity index is 712. The van der Waals surface area contributed by atoms with Gasteiger partial charge in [-0.2, -0.15) is 0 Å². The molecular weight excluding hydrogens is 492 g/mol. The number of halogens is 1. The van der Waals surface area contributed by atoms with Crippen LogP contribution in [0, 0.1) is 23.7 Å². The van der Waals surface area contributed by atoms with Gasteiger partial charge in [0.1, 0.15) is 6.23 Å². The molecule has 2 heterocycles. The maximum Gasteiger partial charge on any atom is 0.106 e. The van der Waals surface area contributed by atoms with E-state index < -0.39 is 6.23 Å². The third-order valence-electron chi connectivity index (χ3n) is 9.87. The topological polar surface area (TPSA) is 50.8 Å². The molecule has 220 valence electrons. The molecule has 0 aromatic rings. The van der Waals surface area contributed by atoms with E-state index in [-0.39, 0.29) is 0 Å². The van der Waals surface area contributed by atoms with Gasteiger partial charge in [-0.3, -0.25) is 15.1 Å². The smallest absolute Gasteiger partial charge is 0.106 e. The molecule has 3 fully saturated rings. The fraction of sp³-hybridized carbons (Fsp3) is 0.938. The maximum absolute atomic E-state index is 11.2. The predicted octanol–water partition coefficient (Wildman–Crippen LogP) is 5.62. The van der Waals surface area contributed by atoms with E-state index in [1.807, 2.05) is 0 Å². The first-order valence-corrected chi connectivity index (χ1v) is 16.7. The molecule has 5 unspecified atom stereocenters. The summed E-state index contributed by atoms with van der Waals surface area (Å²) in [7, 11) is 0. The minimum atomic E-state index is -0.439. The molecule has 3 N–H and O–H groups in total. The highest BCUT2D eigenvalue weighted by Gasteiger charge is 2.38. The number of hydrogen-bond donors (Lipinski definition) is 3. The summed E-state index contributed by atoms with van der Waals surface area (Å²) >= 11 is 6.39. The van der Waals surface area contributed by atoms with E-state index in [1.54, 1.807) is 0 Å². The number of alkyl halides is 1. The lowest BCUT2D eigenvalue weighted by Crippen LogP contribution is -2.54. The number of piperazine rings is 1. The molecule has 6 heteroatoms. The van der Waals surface area contributed by atoms with Crippen LogP contribution in [0.4, 0.5) is 0 Å². The van der Waals surface area contributed by atoms with Gasteiger partial charge in [-0.25, -0.2) is 0 Å². The molecule has 2 saturated heterocycles. The third kappa shape index (κ3) is 9.45. The Balaban J connectivity index is 1.31. The van der Waals surface area contributed by atoms with Crippen molar-refractivity contribution in [3.8, 4) is 0 Å². The summed E-state index contributed by atoms with van der Waals surface area (Å²) in [5.41, 5.74) is 1.53. The molecule has 0 aromatic heterocycles. The van der Waals surface area contributed by atoms with Crippen LogP contribution in [0.1, 0.15) is 98.3 Å².